The van der Waals surface area contributed by atoms with Gasteiger partial charge in [0, 0.05) is 7.05 Å². The van der Waals surface area contributed by atoms with E-state index in [0.29, 0.717) is 11.4 Å². The van der Waals surface area contributed by atoms with Crippen LogP contribution in [0, 0.1) is 0 Å². The molecule has 2 atom stereocenters. The number of carbonyl (C=O) groups is 2. The van der Waals surface area contributed by atoms with Gasteiger partial charge in [-0.05, 0) is 39.8 Å². The minimum atomic E-state index is -0.813. The second-order valence-electron chi connectivity index (χ2n) is 6.31. The summed E-state index contributed by atoms with van der Waals surface area (Å²) in [5.74, 6) is 0.364. The van der Waals surface area contributed by atoms with Gasteiger partial charge in [0.15, 0.2) is 0 Å². The van der Waals surface area contributed by atoms with Crippen LogP contribution in [0.15, 0.2) is 24.3 Å². The third-order valence-electron chi connectivity index (χ3n) is 3.28. The molecule has 0 saturated carbocycles. The van der Waals surface area contributed by atoms with E-state index < -0.39 is 23.8 Å². The van der Waals surface area contributed by atoms with Crippen LogP contribution in [0.3, 0.4) is 0 Å². The monoisotopic (exact) mass is 306 g/mol. The lowest BCUT2D eigenvalue weighted by atomic mass is 10.1. The standard InChI is InChI=1S/C16H22N2O4/c1-10-13(17-15(20)22-16(2,3)4)14(19)18(5)11-8-6-7-9-12(11)21-10/h6-10,13H,1-5H3,(H,17,20)/t10-,13+/m1/s1. The van der Waals surface area contributed by atoms with Gasteiger partial charge in [0.05, 0.1) is 5.69 Å². The smallest absolute Gasteiger partial charge is 0.408 e. The molecule has 22 heavy (non-hydrogen) atoms. The number of carbonyl (C=O) groups excluding carboxylic acids is 2. The van der Waals surface area contributed by atoms with Crippen LogP contribution in [-0.4, -0.2) is 36.8 Å². The van der Waals surface area contributed by atoms with Gasteiger partial charge in [0.1, 0.15) is 23.5 Å². The van der Waals surface area contributed by atoms with Crippen molar-refractivity contribution in [2.75, 3.05) is 11.9 Å². The van der Waals surface area contributed by atoms with Gasteiger partial charge in [-0.3, -0.25) is 4.79 Å². The Balaban J connectivity index is 2.20. The first kappa shape index (κ1) is 16.1. The van der Waals surface area contributed by atoms with E-state index in [9.17, 15) is 9.59 Å². The number of fused-ring (bicyclic) bond motifs is 1. The Labute approximate surface area is 130 Å². The predicted molar refractivity (Wildman–Crippen MR) is 83.1 cm³/mol. The van der Waals surface area contributed by atoms with Crippen molar-refractivity contribution in [1.82, 2.24) is 5.32 Å². The molecule has 0 radical (unpaired) electrons. The number of benzene rings is 1. The van der Waals surface area contributed by atoms with Gasteiger partial charge in [-0.1, -0.05) is 12.1 Å². The van der Waals surface area contributed by atoms with E-state index in [4.69, 9.17) is 9.47 Å². The molecule has 2 rings (SSSR count). The molecule has 1 heterocycles. The van der Waals surface area contributed by atoms with Crippen LogP contribution in [0.25, 0.3) is 0 Å². The third-order valence-corrected chi connectivity index (χ3v) is 3.28. The van der Waals surface area contributed by atoms with Crippen molar-refractivity contribution in [3.05, 3.63) is 24.3 Å². The normalized spacial score (nSPS) is 21.5. The summed E-state index contributed by atoms with van der Waals surface area (Å²) in [5.41, 5.74) is 0.0458. The van der Waals surface area contributed by atoms with Crippen LogP contribution in [0.5, 0.6) is 5.75 Å². The van der Waals surface area contributed by atoms with Crippen LogP contribution >= 0.6 is 0 Å². The first-order valence-electron chi connectivity index (χ1n) is 7.22. The second-order valence-corrected chi connectivity index (χ2v) is 6.31. The maximum atomic E-state index is 12.6. The molecule has 6 nitrogen and oxygen atoms in total. The van der Waals surface area contributed by atoms with E-state index in [1.54, 1.807) is 46.9 Å². The summed E-state index contributed by atoms with van der Waals surface area (Å²) in [6.45, 7) is 7.05. The summed E-state index contributed by atoms with van der Waals surface area (Å²) in [6.07, 6.45) is -1.15. The largest absolute Gasteiger partial charge is 0.486 e. The molecule has 0 aliphatic carbocycles. The van der Waals surface area contributed by atoms with E-state index in [-0.39, 0.29) is 5.91 Å². The first-order valence-corrected chi connectivity index (χ1v) is 7.22. The van der Waals surface area contributed by atoms with Crippen LogP contribution in [-0.2, 0) is 9.53 Å². The van der Waals surface area contributed by atoms with Gasteiger partial charge in [-0.2, -0.15) is 0 Å². The fraction of sp³-hybridized carbons (Fsp3) is 0.500. The molecular formula is C16H22N2O4. The molecule has 0 aromatic heterocycles. The van der Waals surface area contributed by atoms with Gasteiger partial charge in [-0.15, -0.1) is 0 Å². The predicted octanol–water partition coefficient (Wildman–Crippen LogP) is 2.32. The fourth-order valence-corrected chi connectivity index (χ4v) is 2.24. The third kappa shape index (κ3) is 3.50. The van der Waals surface area contributed by atoms with Crippen molar-refractivity contribution in [2.45, 2.75) is 45.4 Å². The number of amides is 2. The molecule has 120 valence electrons. The number of nitrogens with one attached hydrogen (secondary N) is 1. The van der Waals surface area contributed by atoms with Crippen molar-refractivity contribution >= 4 is 17.7 Å². The molecule has 2 amide bonds. The Bertz CT molecular complexity index is 580. The number of hydrogen-bond acceptors (Lipinski definition) is 4. The molecule has 0 fully saturated rings. The second kappa shape index (κ2) is 5.87. The molecule has 6 heteroatoms. The Morgan fingerprint density at radius 1 is 1.32 bits per heavy atom. The molecule has 0 saturated heterocycles. The average Bonchev–Trinajstić information content (AvgIpc) is 2.49. The number of nitrogens with zero attached hydrogens (tertiary/aromatic N) is 1. The van der Waals surface area contributed by atoms with E-state index in [1.807, 2.05) is 12.1 Å². The van der Waals surface area contributed by atoms with Gasteiger partial charge in [0.25, 0.3) is 5.91 Å². The summed E-state index contributed by atoms with van der Waals surface area (Å²) in [5, 5.41) is 2.60. The summed E-state index contributed by atoms with van der Waals surface area (Å²) >= 11 is 0. The molecule has 0 unspecified atom stereocenters. The highest BCUT2D eigenvalue weighted by Crippen LogP contribution is 2.31. The van der Waals surface area contributed by atoms with Crippen LogP contribution in [0.1, 0.15) is 27.7 Å². The quantitative estimate of drug-likeness (QED) is 0.864. The van der Waals surface area contributed by atoms with Crippen molar-refractivity contribution < 1.29 is 19.1 Å². The zero-order valence-corrected chi connectivity index (χ0v) is 13.5. The number of rotatable bonds is 1. The van der Waals surface area contributed by atoms with Crippen LogP contribution in [0.2, 0.25) is 0 Å². The SMILES string of the molecule is C[C@H]1Oc2ccccc2N(C)C(=O)[C@H]1NC(=O)OC(C)(C)C. The van der Waals surface area contributed by atoms with Gasteiger partial charge in [0.2, 0.25) is 0 Å². The Morgan fingerprint density at radius 3 is 2.59 bits per heavy atom. The van der Waals surface area contributed by atoms with Crippen molar-refractivity contribution in [3.63, 3.8) is 0 Å². The fourth-order valence-electron chi connectivity index (χ4n) is 2.24. The lowest BCUT2D eigenvalue weighted by Crippen LogP contribution is -2.54. The highest BCUT2D eigenvalue weighted by molar-refractivity contribution is 6.00. The van der Waals surface area contributed by atoms with E-state index in [1.165, 1.54) is 4.90 Å². The number of likely N-dealkylation sites (N-methyl/N-ethyl adjacent to an activating group) is 1. The van der Waals surface area contributed by atoms with Crippen molar-refractivity contribution in [1.29, 1.82) is 0 Å². The summed E-state index contributed by atoms with van der Waals surface area (Å²) < 4.78 is 11.0. The Hall–Kier alpha value is -2.24. The topological polar surface area (TPSA) is 67.9 Å². The lowest BCUT2D eigenvalue weighted by Gasteiger charge is -2.26. The minimum Gasteiger partial charge on any atom is -0.486 e. The molecule has 1 aliphatic rings. The van der Waals surface area contributed by atoms with Crippen molar-refractivity contribution in [3.8, 4) is 5.75 Å². The molecule has 0 spiro atoms. The maximum absolute atomic E-state index is 12.6. The Morgan fingerprint density at radius 2 is 1.95 bits per heavy atom. The van der Waals surface area contributed by atoms with E-state index in [2.05, 4.69) is 5.32 Å². The number of anilines is 1. The van der Waals surface area contributed by atoms with E-state index in [0.717, 1.165) is 0 Å². The number of alkyl carbamates (subject to hydrolysis) is 1. The number of ether oxygens (including phenoxy) is 2. The number of para-hydroxylation sites is 2. The zero-order chi connectivity index (χ0) is 16.5. The molecule has 1 N–H and O–H groups in total. The highest BCUT2D eigenvalue weighted by Gasteiger charge is 2.36. The molecular weight excluding hydrogens is 284 g/mol. The molecule has 1 aromatic carbocycles. The van der Waals surface area contributed by atoms with Gasteiger partial charge < -0.3 is 19.7 Å². The van der Waals surface area contributed by atoms with Gasteiger partial charge in [-0.25, -0.2) is 4.79 Å². The van der Waals surface area contributed by atoms with Crippen LogP contribution < -0.4 is 15.0 Å². The van der Waals surface area contributed by atoms with E-state index >= 15 is 0 Å². The van der Waals surface area contributed by atoms with Crippen LogP contribution in [0.4, 0.5) is 10.5 Å². The summed E-state index contributed by atoms with van der Waals surface area (Å²) in [6, 6.07) is 6.46. The maximum Gasteiger partial charge on any atom is 0.408 e. The highest BCUT2D eigenvalue weighted by atomic mass is 16.6. The molecule has 1 aromatic rings. The minimum absolute atomic E-state index is 0.247. The Kier molecular flexibility index (Phi) is 4.30. The summed E-state index contributed by atoms with van der Waals surface area (Å²) in [4.78, 5) is 26.0. The summed E-state index contributed by atoms with van der Waals surface area (Å²) in [7, 11) is 1.66. The van der Waals surface area contributed by atoms with Crippen molar-refractivity contribution in [2.24, 2.45) is 0 Å². The molecule has 1 aliphatic heterocycles. The zero-order valence-electron chi connectivity index (χ0n) is 13.5. The van der Waals surface area contributed by atoms with Gasteiger partial charge >= 0.3 is 6.09 Å². The average molecular weight is 306 g/mol. The molecule has 0 bridgehead atoms. The number of hydrogen-bond donors (Lipinski definition) is 1. The lowest BCUT2D eigenvalue weighted by molar-refractivity contribution is -0.121. The first-order chi connectivity index (χ1) is 10.2.